The molecule has 0 saturated carbocycles. The van der Waals surface area contributed by atoms with Gasteiger partial charge in [-0.1, -0.05) is 61.5 Å². The van der Waals surface area contributed by atoms with Crippen LogP contribution in [0.5, 0.6) is 0 Å². The van der Waals surface area contributed by atoms with E-state index < -0.39 is 0 Å². The molecular weight excluding hydrogens is 797 g/mol. The van der Waals surface area contributed by atoms with Crippen LogP contribution in [0.3, 0.4) is 0 Å². The Bertz CT molecular complexity index is 1920. The van der Waals surface area contributed by atoms with E-state index in [1.165, 1.54) is 22.3 Å². The van der Waals surface area contributed by atoms with Gasteiger partial charge in [-0.05, 0) is 67.3 Å². The predicted molar refractivity (Wildman–Crippen MR) is 187 cm³/mol. The van der Waals surface area contributed by atoms with Crippen LogP contribution < -0.4 is 14.2 Å². The van der Waals surface area contributed by atoms with E-state index in [9.17, 15) is 0 Å². The van der Waals surface area contributed by atoms with Crippen molar-refractivity contribution in [3.63, 3.8) is 0 Å². The van der Waals surface area contributed by atoms with E-state index in [0.717, 1.165) is 28.4 Å². The van der Waals surface area contributed by atoms with Crippen molar-refractivity contribution in [1.29, 1.82) is 0 Å². The van der Waals surface area contributed by atoms with Crippen molar-refractivity contribution in [2.24, 2.45) is 0 Å². The van der Waals surface area contributed by atoms with E-state index in [1.54, 1.807) is 12.4 Å². The first-order chi connectivity index (χ1) is 23.9. The van der Waals surface area contributed by atoms with Crippen molar-refractivity contribution in [3.05, 3.63) is 187 Å². The predicted octanol–water partition coefficient (Wildman–Crippen LogP) is 6.44. The Morgan fingerprint density at radius 1 is 0.600 bits per heavy atom. The second-order valence-electron chi connectivity index (χ2n) is 11.5. The largest absolute Gasteiger partial charge is 0.358 e. The molecule has 4 aromatic heterocycles. The third kappa shape index (κ3) is 9.44. The summed E-state index contributed by atoms with van der Waals surface area (Å²) in [7, 11) is 0. The smallest absolute Gasteiger partial charge is 0.267 e. The molecule has 4 heterocycles. The molecule has 0 atom stereocenters. The molecule has 251 valence electrons. The number of aromatic nitrogens is 8. The Labute approximate surface area is 306 Å². The molecule has 8 aromatic rings. The number of aryl methyl sites for hydroxylation is 4. The van der Waals surface area contributed by atoms with E-state index in [0.29, 0.717) is 5.69 Å². The minimum atomic E-state index is 0. The van der Waals surface area contributed by atoms with E-state index in [-0.39, 0.29) is 20.1 Å². The first-order valence-corrected chi connectivity index (χ1v) is 15.8. The van der Waals surface area contributed by atoms with Gasteiger partial charge in [0.2, 0.25) is 0 Å². The maximum absolute atomic E-state index is 4.08. The monoisotopic (exact) mass is 832 g/mol. The summed E-state index contributed by atoms with van der Waals surface area (Å²) in [4.78, 5) is 4.08. The van der Waals surface area contributed by atoms with Crippen molar-refractivity contribution in [1.82, 2.24) is 29.5 Å². The molecule has 0 aliphatic carbocycles. The minimum Gasteiger partial charge on any atom is -0.358 e. The molecule has 0 saturated heterocycles. The van der Waals surface area contributed by atoms with Crippen molar-refractivity contribution in [2.45, 2.75) is 27.7 Å². The zero-order valence-corrected chi connectivity index (χ0v) is 30.6. The Morgan fingerprint density at radius 2 is 1.10 bits per heavy atom. The minimum absolute atomic E-state index is 0. The van der Waals surface area contributed by atoms with Crippen LogP contribution in [0, 0.1) is 52.5 Å². The molecule has 50 heavy (non-hydrogen) atoms. The Hall–Kier alpha value is -5.76. The van der Waals surface area contributed by atoms with Crippen LogP contribution in [0.25, 0.3) is 34.1 Å². The Balaban J connectivity index is 0.000000150. The van der Waals surface area contributed by atoms with E-state index in [2.05, 4.69) is 134 Å². The first-order valence-electron chi connectivity index (χ1n) is 15.8. The fraction of sp³-hybridized carbons (Fsp3) is 0.0976. The van der Waals surface area contributed by atoms with Crippen LogP contribution in [0.1, 0.15) is 22.3 Å². The van der Waals surface area contributed by atoms with Gasteiger partial charge >= 0.3 is 0 Å². The number of imidazole rings is 2. The number of hydrogen-bond donors (Lipinski definition) is 0. The summed E-state index contributed by atoms with van der Waals surface area (Å²) in [6.45, 7) is 8.30. The Kier molecular flexibility index (Phi) is 12.1. The molecule has 8 nitrogen and oxygen atoms in total. The molecule has 0 bridgehead atoms. The zero-order valence-electron chi connectivity index (χ0n) is 28.2. The fourth-order valence-corrected chi connectivity index (χ4v) is 4.70. The molecule has 0 N–H and O–H groups in total. The van der Waals surface area contributed by atoms with Crippen LogP contribution in [0.2, 0.25) is 0 Å². The molecular formula is C41H35IrN8-3. The third-order valence-corrected chi connectivity index (χ3v) is 7.52. The maximum atomic E-state index is 4.08. The molecule has 0 aliphatic heterocycles. The standard InChI is InChI=1S/2C17H15N2.C7H5N4.Ir/c2*1-14-3-7-16(8-4-14)18-11-12-19(13-18)17-9-5-15(2)6-10-17;1-2-4-8-6(3-1)7-5-9-11-10-7;/h2*3-9,11-12H,1-2H3;1-5H;/q3*-1;. The normalized spacial score (nSPS) is 10.2. The van der Waals surface area contributed by atoms with Gasteiger partial charge in [0.1, 0.15) is 0 Å². The zero-order chi connectivity index (χ0) is 34.0. The summed E-state index contributed by atoms with van der Waals surface area (Å²) in [6.07, 6.45) is 17.8. The molecule has 8 rings (SSSR count). The average molecular weight is 832 g/mol. The van der Waals surface area contributed by atoms with Gasteiger partial charge in [0.25, 0.3) is 12.7 Å². The van der Waals surface area contributed by atoms with Crippen molar-refractivity contribution in [2.75, 3.05) is 0 Å². The van der Waals surface area contributed by atoms with Gasteiger partial charge in [-0.25, -0.2) is 0 Å². The molecule has 0 fully saturated rings. The van der Waals surface area contributed by atoms with Gasteiger partial charge in [0.05, 0.1) is 17.1 Å². The van der Waals surface area contributed by atoms with Crippen LogP contribution in [-0.2, 0) is 20.1 Å². The average Bonchev–Trinajstić information content (AvgIpc) is 3.94. The van der Waals surface area contributed by atoms with Gasteiger partial charge in [-0.2, -0.15) is 59.7 Å². The molecule has 0 unspecified atom stereocenters. The second-order valence-corrected chi connectivity index (χ2v) is 11.5. The van der Waals surface area contributed by atoms with Gasteiger partial charge in [0, 0.05) is 51.1 Å². The number of hydrogen-bond acceptors (Lipinski definition) is 3. The second kappa shape index (κ2) is 17.1. The molecule has 9 heteroatoms. The summed E-state index contributed by atoms with van der Waals surface area (Å²) in [5.41, 5.74) is 10.7. The van der Waals surface area contributed by atoms with Crippen molar-refractivity contribution in [3.8, 4) is 34.1 Å². The van der Waals surface area contributed by atoms with E-state index >= 15 is 0 Å². The van der Waals surface area contributed by atoms with Gasteiger partial charge in [-0.15, -0.1) is 0 Å². The number of nitrogens with zero attached hydrogens (tertiary/aromatic N) is 8. The molecule has 4 aromatic carbocycles. The summed E-state index contributed by atoms with van der Waals surface area (Å²) < 4.78 is 7.85. The maximum Gasteiger partial charge on any atom is 0.267 e. The van der Waals surface area contributed by atoms with E-state index in [1.807, 2.05) is 85.5 Å². The van der Waals surface area contributed by atoms with Crippen LogP contribution in [0.15, 0.2) is 140 Å². The summed E-state index contributed by atoms with van der Waals surface area (Å²) in [5.74, 6) is 0. The van der Waals surface area contributed by atoms with Crippen molar-refractivity contribution >= 4 is 0 Å². The molecule has 1 radical (unpaired) electrons. The van der Waals surface area contributed by atoms with Gasteiger partial charge in [0.15, 0.2) is 0 Å². The van der Waals surface area contributed by atoms with Crippen molar-refractivity contribution < 1.29 is 29.2 Å². The summed E-state index contributed by atoms with van der Waals surface area (Å²) in [5, 5.41) is 10.8. The summed E-state index contributed by atoms with van der Waals surface area (Å²) in [6, 6.07) is 41.1. The molecule has 0 aliphatic rings. The molecule has 0 spiro atoms. The number of pyridine rings is 1. The SMILES string of the molecule is Cc1c[c-]c(-n2[c-][n+](-c3ccc(C)cc3)cc2)cc1.Cc1c[c-]c(-n2[c-][n+](-c3ccc(C)cc3)cc2)cc1.[Ir].c1ccc(-c2cnn[n-]2)nc1. The Morgan fingerprint density at radius 3 is 1.50 bits per heavy atom. The van der Waals surface area contributed by atoms with Crippen LogP contribution >= 0.6 is 0 Å². The molecule has 0 amide bonds. The van der Waals surface area contributed by atoms with Gasteiger partial charge in [-0.3, -0.25) is 19.3 Å². The summed E-state index contributed by atoms with van der Waals surface area (Å²) >= 11 is 0. The topological polar surface area (TPSA) is 70.4 Å². The number of benzene rings is 4. The quantitative estimate of drug-likeness (QED) is 0.148. The van der Waals surface area contributed by atoms with Crippen LogP contribution in [-0.4, -0.2) is 24.4 Å². The fourth-order valence-electron chi connectivity index (χ4n) is 4.70. The third-order valence-electron chi connectivity index (χ3n) is 7.52. The number of rotatable bonds is 5. The van der Waals surface area contributed by atoms with Crippen LogP contribution in [0.4, 0.5) is 0 Å². The van der Waals surface area contributed by atoms with Gasteiger partial charge < -0.3 is 19.3 Å². The van der Waals surface area contributed by atoms with E-state index in [4.69, 9.17) is 0 Å². The first kappa shape index (κ1) is 35.5.